The van der Waals surface area contributed by atoms with Gasteiger partial charge in [0.15, 0.2) is 0 Å². The van der Waals surface area contributed by atoms with Crippen molar-refractivity contribution in [3.63, 3.8) is 0 Å². The molecule has 0 radical (unpaired) electrons. The van der Waals surface area contributed by atoms with Crippen molar-refractivity contribution in [3.05, 3.63) is 35.4 Å². The van der Waals surface area contributed by atoms with Crippen LogP contribution in [0.2, 0.25) is 0 Å². The Kier molecular flexibility index (Phi) is 4.34. The maximum atomic E-state index is 9.00. The SMILES string of the molecule is N#Cc1cccc(CN2CCCCC2CNC2CC2)c1. The largest absolute Gasteiger partial charge is 0.312 e. The lowest BCUT2D eigenvalue weighted by Gasteiger charge is -2.36. The van der Waals surface area contributed by atoms with E-state index in [9.17, 15) is 0 Å². The fourth-order valence-corrected chi connectivity index (χ4v) is 3.06. The number of likely N-dealkylation sites (tertiary alicyclic amines) is 1. The summed E-state index contributed by atoms with van der Waals surface area (Å²) in [7, 11) is 0. The summed E-state index contributed by atoms with van der Waals surface area (Å²) >= 11 is 0. The highest BCUT2D eigenvalue weighted by Crippen LogP contribution is 2.22. The lowest BCUT2D eigenvalue weighted by atomic mass is 10.0. The van der Waals surface area contributed by atoms with E-state index in [0.29, 0.717) is 6.04 Å². The Bertz CT molecular complexity index is 487. The first-order chi connectivity index (χ1) is 9.85. The third-order valence-corrected chi connectivity index (χ3v) is 4.41. The molecular formula is C17H23N3. The Morgan fingerprint density at radius 2 is 2.15 bits per heavy atom. The monoisotopic (exact) mass is 269 g/mol. The summed E-state index contributed by atoms with van der Waals surface area (Å²) in [6.07, 6.45) is 6.68. The van der Waals surface area contributed by atoms with Crippen molar-refractivity contribution < 1.29 is 0 Å². The molecule has 1 aromatic carbocycles. The van der Waals surface area contributed by atoms with Crippen LogP contribution in [0.15, 0.2) is 24.3 Å². The Morgan fingerprint density at radius 1 is 1.25 bits per heavy atom. The number of piperidine rings is 1. The maximum absolute atomic E-state index is 9.00. The quantitative estimate of drug-likeness (QED) is 0.893. The first kappa shape index (κ1) is 13.6. The molecule has 1 saturated heterocycles. The van der Waals surface area contributed by atoms with E-state index in [4.69, 9.17) is 5.26 Å². The van der Waals surface area contributed by atoms with Crippen molar-refractivity contribution in [1.82, 2.24) is 10.2 Å². The number of nitrogens with zero attached hydrogens (tertiary/aromatic N) is 2. The van der Waals surface area contributed by atoms with Crippen LogP contribution in [-0.2, 0) is 6.54 Å². The van der Waals surface area contributed by atoms with Crippen LogP contribution in [0.1, 0.15) is 43.2 Å². The molecule has 1 saturated carbocycles. The second kappa shape index (κ2) is 6.39. The zero-order valence-electron chi connectivity index (χ0n) is 12.0. The topological polar surface area (TPSA) is 39.1 Å². The molecule has 1 N–H and O–H groups in total. The van der Waals surface area contributed by atoms with Crippen LogP contribution in [0, 0.1) is 11.3 Å². The molecule has 1 aliphatic carbocycles. The summed E-state index contributed by atoms with van der Waals surface area (Å²) in [5.74, 6) is 0. The summed E-state index contributed by atoms with van der Waals surface area (Å²) in [6.45, 7) is 3.29. The lowest BCUT2D eigenvalue weighted by molar-refractivity contribution is 0.137. The van der Waals surface area contributed by atoms with Crippen molar-refractivity contribution in [2.45, 2.75) is 50.7 Å². The maximum Gasteiger partial charge on any atom is 0.0991 e. The van der Waals surface area contributed by atoms with Crippen molar-refractivity contribution in [3.8, 4) is 6.07 Å². The number of nitrogens with one attached hydrogen (secondary N) is 1. The van der Waals surface area contributed by atoms with Gasteiger partial charge in [-0.05, 0) is 49.9 Å². The molecule has 3 heteroatoms. The normalized spacial score (nSPS) is 23.4. The number of hydrogen-bond donors (Lipinski definition) is 1. The molecule has 106 valence electrons. The highest BCUT2D eigenvalue weighted by Gasteiger charge is 2.26. The molecule has 1 aliphatic heterocycles. The van der Waals surface area contributed by atoms with E-state index < -0.39 is 0 Å². The molecule has 1 heterocycles. The minimum atomic E-state index is 0.662. The van der Waals surface area contributed by atoms with Crippen LogP contribution in [0.25, 0.3) is 0 Å². The Morgan fingerprint density at radius 3 is 2.95 bits per heavy atom. The summed E-state index contributed by atoms with van der Waals surface area (Å²) in [5, 5.41) is 12.7. The predicted octanol–water partition coefficient (Wildman–Crippen LogP) is 2.66. The van der Waals surface area contributed by atoms with Gasteiger partial charge in [0, 0.05) is 25.2 Å². The molecule has 2 fully saturated rings. The lowest BCUT2D eigenvalue weighted by Crippen LogP contribution is -2.45. The van der Waals surface area contributed by atoms with E-state index in [1.165, 1.54) is 44.2 Å². The fourth-order valence-electron chi connectivity index (χ4n) is 3.06. The molecule has 0 amide bonds. The van der Waals surface area contributed by atoms with Gasteiger partial charge in [-0.1, -0.05) is 18.6 Å². The molecule has 1 atom stereocenters. The van der Waals surface area contributed by atoms with Gasteiger partial charge in [-0.3, -0.25) is 4.90 Å². The van der Waals surface area contributed by atoms with Crippen molar-refractivity contribution in [1.29, 1.82) is 5.26 Å². The average Bonchev–Trinajstić information content (AvgIpc) is 3.31. The summed E-state index contributed by atoms with van der Waals surface area (Å²) in [4.78, 5) is 2.59. The fraction of sp³-hybridized carbons (Fsp3) is 0.588. The van der Waals surface area contributed by atoms with Crippen molar-refractivity contribution >= 4 is 0 Å². The Hall–Kier alpha value is -1.37. The van der Waals surface area contributed by atoms with Crippen molar-refractivity contribution in [2.75, 3.05) is 13.1 Å². The van der Waals surface area contributed by atoms with Gasteiger partial charge in [0.1, 0.15) is 0 Å². The Balaban J connectivity index is 1.61. The number of hydrogen-bond acceptors (Lipinski definition) is 3. The molecule has 0 spiro atoms. The van der Waals surface area contributed by atoms with Crippen LogP contribution < -0.4 is 5.32 Å². The van der Waals surface area contributed by atoms with E-state index in [-0.39, 0.29) is 0 Å². The van der Waals surface area contributed by atoms with Crippen LogP contribution in [0.4, 0.5) is 0 Å². The molecule has 20 heavy (non-hydrogen) atoms. The minimum Gasteiger partial charge on any atom is -0.312 e. The minimum absolute atomic E-state index is 0.662. The van der Waals surface area contributed by atoms with Gasteiger partial charge in [-0.25, -0.2) is 0 Å². The summed E-state index contributed by atoms with van der Waals surface area (Å²) < 4.78 is 0. The molecule has 1 unspecified atom stereocenters. The zero-order valence-corrected chi connectivity index (χ0v) is 12.0. The number of rotatable bonds is 5. The average molecular weight is 269 g/mol. The Labute approximate surface area is 121 Å². The van der Waals surface area contributed by atoms with Gasteiger partial charge in [0.05, 0.1) is 11.6 Å². The molecule has 2 aliphatic rings. The van der Waals surface area contributed by atoms with E-state index in [2.05, 4.69) is 22.4 Å². The van der Waals surface area contributed by atoms with Gasteiger partial charge >= 0.3 is 0 Å². The first-order valence-corrected chi connectivity index (χ1v) is 7.81. The molecule has 0 aromatic heterocycles. The van der Waals surface area contributed by atoms with Crippen molar-refractivity contribution in [2.24, 2.45) is 0 Å². The van der Waals surface area contributed by atoms with Gasteiger partial charge in [-0.15, -0.1) is 0 Å². The van der Waals surface area contributed by atoms with Crippen LogP contribution in [0.5, 0.6) is 0 Å². The van der Waals surface area contributed by atoms with Gasteiger partial charge in [-0.2, -0.15) is 5.26 Å². The molecule has 0 bridgehead atoms. The second-order valence-corrected chi connectivity index (χ2v) is 6.11. The standard InChI is InChI=1S/C17H23N3/c18-11-14-4-3-5-15(10-14)13-20-9-2-1-6-17(20)12-19-16-7-8-16/h3-5,10,16-17,19H,1-2,6-9,12-13H2. The van der Waals surface area contributed by atoms with Crippen LogP contribution in [0.3, 0.4) is 0 Å². The van der Waals surface area contributed by atoms with Gasteiger partial charge in [0.2, 0.25) is 0 Å². The van der Waals surface area contributed by atoms with Gasteiger partial charge < -0.3 is 5.32 Å². The first-order valence-electron chi connectivity index (χ1n) is 7.81. The van der Waals surface area contributed by atoms with Crippen LogP contribution in [-0.4, -0.2) is 30.1 Å². The third-order valence-electron chi connectivity index (χ3n) is 4.41. The summed E-state index contributed by atoms with van der Waals surface area (Å²) in [5.41, 5.74) is 2.04. The van der Waals surface area contributed by atoms with Gasteiger partial charge in [0.25, 0.3) is 0 Å². The summed E-state index contributed by atoms with van der Waals surface area (Å²) in [6, 6.07) is 11.7. The predicted molar refractivity (Wildman–Crippen MR) is 80.2 cm³/mol. The van der Waals surface area contributed by atoms with E-state index >= 15 is 0 Å². The molecule has 3 nitrogen and oxygen atoms in total. The highest BCUT2D eigenvalue weighted by molar-refractivity contribution is 5.32. The number of nitriles is 1. The van der Waals surface area contributed by atoms with E-state index in [0.717, 1.165) is 24.7 Å². The van der Waals surface area contributed by atoms with Crippen LogP contribution >= 0.6 is 0 Å². The molecular weight excluding hydrogens is 246 g/mol. The van der Waals surface area contributed by atoms with E-state index in [1.807, 2.05) is 18.2 Å². The molecule has 3 rings (SSSR count). The number of benzene rings is 1. The van der Waals surface area contributed by atoms with E-state index in [1.54, 1.807) is 0 Å². The highest BCUT2D eigenvalue weighted by atomic mass is 15.2. The smallest absolute Gasteiger partial charge is 0.0991 e. The second-order valence-electron chi connectivity index (χ2n) is 6.11. The molecule has 1 aromatic rings. The zero-order chi connectivity index (χ0) is 13.8. The third kappa shape index (κ3) is 3.59.